The highest BCUT2D eigenvalue weighted by Gasteiger charge is 2.13. The van der Waals surface area contributed by atoms with Gasteiger partial charge in [-0.3, -0.25) is 14.8 Å². The Labute approximate surface area is 104 Å². The van der Waals surface area contributed by atoms with Crippen molar-refractivity contribution in [1.29, 1.82) is 0 Å². The summed E-state index contributed by atoms with van der Waals surface area (Å²) in [5.41, 5.74) is 2.58. The number of nitro groups is 1. The van der Waals surface area contributed by atoms with Gasteiger partial charge in [0.15, 0.2) is 0 Å². The molecule has 0 aliphatic carbocycles. The van der Waals surface area contributed by atoms with Crippen molar-refractivity contribution >= 4 is 11.4 Å². The summed E-state index contributed by atoms with van der Waals surface area (Å²) < 4.78 is 1.70. The van der Waals surface area contributed by atoms with Crippen LogP contribution in [0, 0.1) is 17.0 Å². The number of benzene rings is 1. The first-order chi connectivity index (χ1) is 8.56. The molecule has 0 amide bonds. The fraction of sp³-hybridized carbons (Fsp3) is 0.250. The van der Waals surface area contributed by atoms with Crippen molar-refractivity contribution in [3.63, 3.8) is 0 Å². The van der Waals surface area contributed by atoms with Crippen LogP contribution in [0.2, 0.25) is 0 Å². The third kappa shape index (κ3) is 2.65. The van der Waals surface area contributed by atoms with Crippen molar-refractivity contribution in [2.75, 3.05) is 5.32 Å². The maximum atomic E-state index is 10.9. The van der Waals surface area contributed by atoms with Crippen LogP contribution in [0.3, 0.4) is 0 Å². The third-order valence-corrected chi connectivity index (χ3v) is 2.59. The lowest BCUT2D eigenvalue weighted by Gasteiger charge is -2.06. The molecule has 1 aromatic carbocycles. The summed E-state index contributed by atoms with van der Waals surface area (Å²) in [6.07, 6.45) is 3.60. The lowest BCUT2D eigenvalue weighted by Crippen LogP contribution is -2.02. The maximum Gasteiger partial charge on any atom is 0.292 e. The molecule has 0 radical (unpaired) electrons. The topological polar surface area (TPSA) is 73.0 Å². The number of anilines is 1. The Morgan fingerprint density at radius 2 is 2.28 bits per heavy atom. The average molecular weight is 246 g/mol. The Morgan fingerprint density at radius 3 is 2.89 bits per heavy atom. The van der Waals surface area contributed by atoms with Gasteiger partial charge in [-0.2, -0.15) is 5.10 Å². The van der Waals surface area contributed by atoms with Crippen LogP contribution >= 0.6 is 0 Å². The van der Waals surface area contributed by atoms with Gasteiger partial charge < -0.3 is 5.32 Å². The smallest absolute Gasteiger partial charge is 0.292 e. The fourth-order valence-electron chi connectivity index (χ4n) is 1.71. The van der Waals surface area contributed by atoms with Crippen molar-refractivity contribution in [2.24, 2.45) is 7.05 Å². The Kier molecular flexibility index (Phi) is 3.27. The van der Waals surface area contributed by atoms with E-state index in [1.165, 1.54) is 6.07 Å². The summed E-state index contributed by atoms with van der Waals surface area (Å²) in [7, 11) is 1.83. The Hall–Kier alpha value is -2.37. The van der Waals surface area contributed by atoms with Gasteiger partial charge in [-0.1, -0.05) is 6.07 Å². The number of rotatable bonds is 4. The molecule has 0 saturated heterocycles. The van der Waals surface area contributed by atoms with Gasteiger partial charge in [0, 0.05) is 31.4 Å². The van der Waals surface area contributed by atoms with E-state index in [9.17, 15) is 10.1 Å². The first-order valence-corrected chi connectivity index (χ1v) is 5.52. The van der Waals surface area contributed by atoms with Crippen LogP contribution in [0.5, 0.6) is 0 Å². The van der Waals surface area contributed by atoms with Crippen LogP contribution in [0.25, 0.3) is 0 Å². The summed E-state index contributed by atoms with van der Waals surface area (Å²) in [5, 5.41) is 18.0. The predicted molar refractivity (Wildman–Crippen MR) is 68.4 cm³/mol. The lowest BCUT2D eigenvalue weighted by molar-refractivity contribution is -0.384. The van der Waals surface area contributed by atoms with Crippen molar-refractivity contribution in [3.8, 4) is 0 Å². The first-order valence-electron chi connectivity index (χ1n) is 5.52. The third-order valence-electron chi connectivity index (χ3n) is 2.59. The summed E-state index contributed by atoms with van der Waals surface area (Å²) in [5.74, 6) is 0. The zero-order valence-electron chi connectivity index (χ0n) is 10.3. The summed E-state index contributed by atoms with van der Waals surface area (Å²) >= 11 is 0. The quantitative estimate of drug-likeness (QED) is 0.663. The van der Waals surface area contributed by atoms with E-state index in [1.807, 2.05) is 20.2 Å². The molecule has 0 aliphatic rings. The number of nitrogens with zero attached hydrogens (tertiary/aromatic N) is 3. The Morgan fingerprint density at radius 1 is 1.50 bits per heavy atom. The van der Waals surface area contributed by atoms with E-state index < -0.39 is 0 Å². The zero-order chi connectivity index (χ0) is 13.1. The van der Waals surface area contributed by atoms with Gasteiger partial charge in [-0.05, 0) is 18.6 Å². The molecular weight excluding hydrogens is 232 g/mol. The molecule has 94 valence electrons. The lowest BCUT2D eigenvalue weighted by atomic mass is 10.2. The molecule has 1 N–H and O–H groups in total. The number of nitrogens with one attached hydrogen (secondary N) is 1. The Balaban J connectivity index is 2.17. The molecule has 1 aromatic heterocycles. The summed E-state index contributed by atoms with van der Waals surface area (Å²) in [6.45, 7) is 2.41. The normalized spacial score (nSPS) is 10.3. The van der Waals surface area contributed by atoms with Gasteiger partial charge in [-0.15, -0.1) is 0 Å². The fourth-order valence-corrected chi connectivity index (χ4v) is 1.71. The van der Waals surface area contributed by atoms with Gasteiger partial charge in [0.25, 0.3) is 5.69 Å². The standard InChI is InChI=1S/C12H14N4O2/c1-9-3-4-12(16(17)18)11(5-9)13-6-10-7-14-15(2)8-10/h3-5,7-8,13H,6H2,1-2H3. The SMILES string of the molecule is Cc1ccc([N+](=O)[O-])c(NCc2cnn(C)c2)c1. The molecule has 2 aromatic rings. The van der Waals surface area contributed by atoms with Crippen LogP contribution in [0.15, 0.2) is 30.6 Å². The predicted octanol–water partition coefficient (Wildman–Crippen LogP) is 2.25. The van der Waals surface area contributed by atoms with Crippen LogP contribution in [0.1, 0.15) is 11.1 Å². The maximum absolute atomic E-state index is 10.9. The largest absolute Gasteiger partial charge is 0.375 e. The molecule has 1 heterocycles. The molecular formula is C12H14N4O2. The van der Waals surface area contributed by atoms with Crippen molar-refractivity contribution in [3.05, 3.63) is 51.8 Å². The van der Waals surface area contributed by atoms with Gasteiger partial charge in [0.1, 0.15) is 5.69 Å². The van der Waals surface area contributed by atoms with E-state index in [1.54, 1.807) is 23.0 Å². The van der Waals surface area contributed by atoms with E-state index >= 15 is 0 Å². The van der Waals surface area contributed by atoms with E-state index in [-0.39, 0.29) is 10.6 Å². The molecule has 0 saturated carbocycles. The highest BCUT2D eigenvalue weighted by atomic mass is 16.6. The number of aromatic nitrogens is 2. The molecule has 0 bridgehead atoms. The molecule has 6 nitrogen and oxygen atoms in total. The molecule has 0 atom stereocenters. The number of aryl methyl sites for hydroxylation is 2. The highest BCUT2D eigenvalue weighted by molar-refractivity contribution is 5.62. The van der Waals surface area contributed by atoms with E-state index in [4.69, 9.17) is 0 Å². The zero-order valence-corrected chi connectivity index (χ0v) is 10.3. The monoisotopic (exact) mass is 246 g/mol. The van der Waals surface area contributed by atoms with E-state index in [0.717, 1.165) is 11.1 Å². The minimum absolute atomic E-state index is 0.0875. The summed E-state index contributed by atoms with van der Waals surface area (Å²) in [6, 6.07) is 5.02. The molecule has 18 heavy (non-hydrogen) atoms. The highest BCUT2D eigenvalue weighted by Crippen LogP contribution is 2.25. The average Bonchev–Trinajstić information content (AvgIpc) is 2.72. The van der Waals surface area contributed by atoms with Crippen LogP contribution < -0.4 is 5.32 Å². The van der Waals surface area contributed by atoms with Crippen molar-refractivity contribution in [1.82, 2.24) is 9.78 Å². The second-order valence-corrected chi connectivity index (χ2v) is 4.15. The molecule has 6 heteroatoms. The van der Waals surface area contributed by atoms with Gasteiger partial charge in [0.05, 0.1) is 11.1 Å². The summed E-state index contributed by atoms with van der Waals surface area (Å²) in [4.78, 5) is 10.5. The molecule has 0 spiro atoms. The van der Waals surface area contributed by atoms with Crippen LogP contribution in [-0.2, 0) is 13.6 Å². The van der Waals surface area contributed by atoms with Gasteiger partial charge >= 0.3 is 0 Å². The molecule has 0 aliphatic heterocycles. The van der Waals surface area contributed by atoms with Crippen molar-refractivity contribution in [2.45, 2.75) is 13.5 Å². The van der Waals surface area contributed by atoms with E-state index in [0.29, 0.717) is 12.2 Å². The minimum atomic E-state index is -0.384. The van der Waals surface area contributed by atoms with E-state index in [2.05, 4.69) is 10.4 Å². The number of hydrogen-bond donors (Lipinski definition) is 1. The molecule has 0 fully saturated rings. The van der Waals surface area contributed by atoms with Crippen LogP contribution in [-0.4, -0.2) is 14.7 Å². The number of hydrogen-bond acceptors (Lipinski definition) is 4. The first kappa shape index (κ1) is 12.1. The second kappa shape index (κ2) is 4.87. The molecule has 0 unspecified atom stereocenters. The minimum Gasteiger partial charge on any atom is -0.375 e. The van der Waals surface area contributed by atoms with Gasteiger partial charge in [-0.25, -0.2) is 0 Å². The Bertz CT molecular complexity index is 577. The molecule has 2 rings (SSSR count). The van der Waals surface area contributed by atoms with Crippen molar-refractivity contribution < 1.29 is 4.92 Å². The number of nitro benzene ring substituents is 1. The van der Waals surface area contributed by atoms with Crippen LogP contribution in [0.4, 0.5) is 11.4 Å². The van der Waals surface area contributed by atoms with Gasteiger partial charge in [0.2, 0.25) is 0 Å². The second-order valence-electron chi connectivity index (χ2n) is 4.15.